The molecular formula is C16H17N7OS. The summed E-state index contributed by atoms with van der Waals surface area (Å²) in [5.74, 6) is 0.508. The Balaban J connectivity index is 1.57. The summed E-state index contributed by atoms with van der Waals surface area (Å²) in [5, 5.41) is 5.22. The van der Waals surface area contributed by atoms with Crippen molar-refractivity contribution in [3.05, 3.63) is 58.8 Å². The molecule has 0 aromatic carbocycles. The number of thiophene rings is 1. The summed E-state index contributed by atoms with van der Waals surface area (Å²) in [4.78, 5) is 25.4. The highest BCUT2D eigenvalue weighted by atomic mass is 32.1. The van der Waals surface area contributed by atoms with Gasteiger partial charge >= 0.3 is 0 Å². The molecular weight excluding hydrogens is 338 g/mol. The van der Waals surface area contributed by atoms with Crippen molar-refractivity contribution in [2.75, 3.05) is 23.0 Å². The Morgan fingerprint density at radius 1 is 1.20 bits per heavy atom. The van der Waals surface area contributed by atoms with Gasteiger partial charge in [0.05, 0.1) is 5.56 Å². The molecule has 128 valence electrons. The molecule has 9 heteroatoms. The molecule has 0 radical (unpaired) electrons. The van der Waals surface area contributed by atoms with Gasteiger partial charge in [0.2, 0.25) is 0 Å². The van der Waals surface area contributed by atoms with Crippen molar-refractivity contribution in [1.29, 1.82) is 0 Å². The summed E-state index contributed by atoms with van der Waals surface area (Å²) in [6.45, 7) is 0.698. The minimum absolute atomic E-state index is 0.325. The van der Waals surface area contributed by atoms with E-state index in [4.69, 9.17) is 5.73 Å². The van der Waals surface area contributed by atoms with Crippen molar-refractivity contribution in [3.8, 4) is 0 Å². The highest BCUT2D eigenvalue weighted by Crippen LogP contribution is 2.21. The van der Waals surface area contributed by atoms with Crippen LogP contribution in [0.15, 0.2) is 48.4 Å². The second kappa shape index (κ2) is 8.06. The van der Waals surface area contributed by atoms with Crippen LogP contribution >= 0.6 is 11.3 Å². The SMILES string of the molecule is Nc1c(NCCc2cccs2)ncnc1NNC(=O)c1cccnc1. The van der Waals surface area contributed by atoms with E-state index >= 15 is 0 Å². The molecule has 3 heterocycles. The van der Waals surface area contributed by atoms with Crippen LogP contribution in [-0.4, -0.2) is 27.4 Å². The number of hydrogen-bond acceptors (Lipinski definition) is 8. The van der Waals surface area contributed by atoms with Gasteiger partial charge in [-0.25, -0.2) is 9.97 Å². The zero-order valence-corrected chi connectivity index (χ0v) is 14.1. The molecule has 5 N–H and O–H groups in total. The van der Waals surface area contributed by atoms with Gasteiger partial charge in [0, 0.05) is 23.8 Å². The quantitative estimate of drug-likeness (QED) is 0.478. The molecule has 8 nitrogen and oxygen atoms in total. The van der Waals surface area contributed by atoms with Gasteiger partial charge in [-0.3, -0.25) is 20.6 Å². The summed E-state index contributed by atoms with van der Waals surface area (Å²) in [6, 6.07) is 7.44. The zero-order valence-electron chi connectivity index (χ0n) is 13.3. The molecule has 0 aliphatic rings. The zero-order chi connectivity index (χ0) is 17.5. The molecule has 0 spiro atoms. The molecule has 0 fully saturated rings. The molecule has 1 amide bonds. The summed E-state index contributed by atoms with van der Waals surface area (Å²) >= 11 is 1.71. The van der Waals surface area contributed by atoms with Crippen LogP contribution in [0, 0.1) is 0 Å². The number of nitrogens with zero attached hydrogens (tertiary/aromatic N) is 3. The second-order valence-electron chi connectivity index (χ2n) is 5.06. The van der Waals surface area contributed by atoms with Crippen LogP contribution in [0.4, 0.5) is 17.3 Å². The van der Waals surface area contributed by atoms with Gasteiger partial charge in [-0.15, -0.1) is 11.3 Å². The van der Waals surface area contributed by atoms with Crippen molar-refractivity contribution in [1.82, 2.24) is 20.4 Å². The third-order valence-corrected chi connectivity index (χ3v) is 4.28. The van der Waals surface area contributed by atoms with Crippen molar-refractivity contribution >= 4 is 34.6 Å². The first-order chi connectivity index (χ1) is 12.2. The summed E-state index contributed by atoms with van der Waals surface area (Å²) in [6.07, 6.45) is 5.32. The number of nitrogens with one attached hydrogen (secondary N) is 3. The smallest absolute Gasteiger partial charge is 0.271 e. The van der Waals surface area contributed by atoms with E-state index in [0.29, 0.717) is 29.4 Å². The van der Waals surface area contributed by atoms with Gasteiger partial charge in [-0.2, -0.15) is 0 Å². The minimum atomic E-state index is -0.335. The van der Waals surface area contributed by atoms with Gasteiger partial charge < -0.3 is 11.1 Å². The third kappa shape index (κ3) is 4.42. The monoisotopic (exact) mass is 355 g/mol. The average Bonchev–Trinajstić information content (AvgIpc) is 3.16. The van der Waals surface area contributed by atoms with Crippen LogP contribution in [0.2, 0.25) is 0 Å². The fourth-order valence-electron chi connectivity index (χ4n) is 2.08. The molecule has 0 bridgehead atoms. The number of pyridine rings is 1. The third-order valence-electron chi connectivity index (χ3n) is 3.35. The predicted octanol–water partition coefficient (Wildman–Crippen LogP) is 1.93. The van der Waals surface area contributed by atoms with E-state index in [1.807, 2.05) is 11.4 Å². The summed E-state index contributed by atoms with van der Waals surface area (Å²) in [7, 11) is 0. The van der Waals surface area contributed by atoms with Gasteiger partial charge in [-0.05, 0) is 30.0 Å². The number of rotatable bonds is 7. The highest BCUT2D eigenvalue weighted by molar-refractivity contribution is 7.09. The Hall–Kier alpha value is -3.20. The topological polar surface area (TPSA) is 118 Å². The number of nitrogens with two attached hydrogens (primary N) is 1. The van der Waals surface area contributed by atoms with Crippen LogP contribution in [0.5, 0.6) is 0 Å². The lowest BCUT2D eigenvalue weighted by Gasteiger charge is -2.13. The molecule has 3 aromatic heterocycles. The van der Waals surface area contributed by atoms with Crippen molar-refractivity contribution in [3.63, 3.8) is 0 Å². The molecule has 0 atom stereocenters. The predicted molar refractivity (Wildman–Crippen MR) is 98.3 cm³/mol. The Labute approximate surface area is 148 Å². The average molecular weight is 355 g/mol. The van der Waals surface area contributed by atoms with Crippen LogP contribution in [-0.2, 0) is 6.42 Å². The van der Waals surface area contributed by atoms with Crippen LogP contribution in [0.3, 0.4) is 0 Å². The van der Waals surface area contributed by atoms with E-state index < -0.39 is 0 Å². The number of carbonyl (C=O) groups is 1. The molecule has 25 heavy (non-hydrogen) atoms. The van der Waals surface area contributed by atoms with E-state index in [2.05, 4.69) is 37.2 Å². The van der Waals surface area contributed by atoms with Crippen molar-refractivity contribution < 1.29 is 4.79 Å². The van der Waals surface area contributed by atoms with Gasteiger partial charge in [-0.1, -0.05) is 6.07 Å². The maximum atomic E-state index is 12.0. The Kier molecular flexibility index (Phi) is 5.37. The number of amides is 1. The first kappa shape index (κ1) is 16.7. The molecule has 0 saturated heterocycles. The number of carbonyl (C=O) groups excluding carboxylic acids is 1. The van der Waals surface area contributed by atoms with Crippen molar-refractivity contribution in [2.45, 2.75) is 6.42 Å². The largest absolute Gasteiger partial charge is 0.393 e. The number of nitrogen functional groups attached to an aromatic ring is 1. The van der Waals surface area contributed by atoms with E-state index in [1.54, 1.807) is 29.7 Å². The van der Waals surface area contributed by atoms with Crippen molar-refractivity contribution in [2.24, 2.45) is 0 Å². The summed E-state index contributed by atoms with van der Waals surface area (Å²) in [5.41, 5.74) is 12.1. The lowest BCUT2D eigenvalue weighted by molar-refractivity contribution is 0.0962. The van der Waals surface area contributed by atoms with Gasteiger partial charge in [0.1, 0.15) is 12.0 Å². The number of anilines is 3. The Bertz CT molecular complexity index is 824. The van der Waals surface area contributed by atoms with Gasteiger partial charge in [0.15, 0.2) is 11.6 Å². The van der Waals surface area contributed by atoms with E-state index in [-0.39, 0.29) is 5.91 Å². The van der Waals surface area contributed by atoms with E-state index in [1.165, 1.54) is 17.4 Å². The number of hydrazine groups is 1. The Morgan fingerprint density at radius 3 is 2.84 bits per heavy atom. The second-order valence-corrected chi connectivity index (χ2v) is 6.09. The van der Waals surface area contributed by atoms with Gasteiger partial charge in [0.25, 0.3) is 5.91 Å². The number of aromatic nitrogens is 3. The fourth-order valence-corrected chi connectivity index (χ4v) is 2.79. The minimum Gasteiger partial charge on any atom is -0.393 e. The van der Waals surface area contributed by atoms with E-state index in [9.17, 15) is 4.79 Å². The standard InChI is InChI=1S/C16H17N7OS/c17-13-14(19-7-5-12-4-2-8-25-12)20-10-21-15(13)22-23-16(24)11-3-1-6-18-9-11/h1-4,6,8-10H,5,7,17H2,(H,23,24)(H2,19,20,21,22). The molecule has 0 aliphatic carbocycles. The first-order valence-corrected chi connectivity index (χ1v) is 8.45. The molecule has 3 rings (SSSR count). The summed E-state index contributed by atoms with van der Waals surface area (Å²) < 4.78 is 0. The maximum Gasteiger partial charge on any atom is 0.271 e. The normalized spacial score (nSPS) is 10.2. The van der Waals surface area contributed by atoms with E-state index in [0.717, 1.165) is 6.42 Å². The lowest BCUT2D eigenvalue weighted by atomic mass is 10.3. The molecule has 0 saturated carbocycles. The Morgan fingerprint density at radius 2 is 2.08 bits per heavy atom. The molecule has 0 aliphatic heterocycles. The van der Waals surface area contributed by atoms with Crippen LogP contribution in [0.1, 0.15) is 15.2 Å². The molecule has 3 aromatic rings. The highest BCUT2D eigenvalue weighted by Gasteiger charge is 2.10. The maximum absolute atomic E-state index is 12.0. The number of hydrogen-bond donors (Lipinski definition) is 4. The van der Waals surface area contributed by atoms with Crippen LogP contribution in [0.25, 0.3) is 0 Å². The molecule has 0 unspecified atom stereocenters. The lowest BCUT2D eigenvalue weighted by Crippen LogP contribution is -2.30. The van der Waals surface area contributed by atoms with Crippen LogP contribution < -0.4 is 21.9 Å². The fraction of sp³-hybridized carbons (Fsp3) is 0.125. The first-order valence-electron chi connectivity index (χ1n) is 7.57.